The predicted molar refractivity (Wildman–Crippen MR) is 89.4 cm³/mol. The lowest BCUT2D eigenvalue weighted by molar-refractivity contribution is -0.130. The Morgan fingerprint density at radius 1 is 1.00 bits per heavy atom. The van der Waals surface area contributed by atoms with E-state index in [1.54, 1.807) is 12.1 Å². The summed E-state index contributed by atoms with van der Waals surface area (Å²) in [6, 6.07) is 18.6. The van der Waals surface area contributed by atoms with Crippen LogP contribution >= 0.6 is 0 Å². The van der Waals surface area contributed by atoms with Crippen LogP contribution in [0.5, 0.6) is 11.5 Å². The van der Waals surface area contributed by atoms with Crippen molar-refractivity contribution in [3.8, 4) is 11.5 Å². The smallest absolute Gasteiger partial charge is 0.339 e. The number of hydrogen-bond donors (Lipinski definition) is 1. The molecule has 0 aliphatic carbocycles. The molecule has 0 atom stereocenters. The summed E-state index contributed by atoms with van der Waals surface area (Å²) in [4.78, 5) is 12.2. The lowest BCUT2D eigenvalue weighted by Gasteiger charge is -2.20. The molecule has 112 valence electrons. The number of benzene rings is 3. The van der Waals surface area contributed by atoms with E-state index in [-0.39, 0.29) is 11.7 Å². The van der Waals surface area contributed by atoms with Gasteiger partial charge in [0.2, 0.25) is 0 Å². The zero-order chi connectivity index (χ0) is 15.8. The third-order valence-electron chi connectivity index (χ3n) is 4.05. The van der Waals surface area contributed by atoms with Gasteiger partial charge in [-0.15, -0.1) is 0 Å². The number of carbonyl (C=O) groups excluding carboxylic acids is 1. The second kappa shape index (κ2) is 5.29. The van der Waals surface area contributed by atoms with Gasteiger partial charge >= 0.3 is 5.97 Å². The highest BCUT2D eigenvalue weighted by molar-refractivity contribution is 6.00. The van der Waals surface area contributed by atoms with E-state index >= 15 is 0 Å². The number of aromatic hydroxyl groups is 1. The van der Waals surface area contributed by atoms with Gasteiger partial charge in [-0.3, -0.25) is 0 Å². The quantitative estimate of drug-likeness (QED) is 0.418. The van der Waals surface area contributed by atoms with Gasteiger partial charge in [0, 0.05) is 17.6 Å². The number of carbonyl (C=O) groups is 1. The van der Waals surface area contributed by atoms with E-state index in [0.717, 1.165) is 21.9 Å². The molecule has 1 heterocycles. The SMILES string of the molecule is O=C1Oc2ccc3ccc(O)cc3c2C/C1=C\c1ccccc1. The highest BCUT2D eigenvalue weighted by Gasteiger charge is 2.24. The second-order valence-electron chi connectivity index (χ2n) is 5.59. The van der Waals surface area contributed by atoms with Crippen LogP contribution in [-0.2, 0) is 11.2 Å². The standard InChI is InChI=1S/C20H14O3/c21-16-8-6-14-7-9-19-18(17(14)12-16)11-15(20(22)23-19)10-13-4-2-1-3-5-13/h1-10,12,21H,11H2/b15-10+. The molecule has 0 aromatic heterocycles. The Balaban J connectivity index is 1.84. The zero-order valence-electron chi connectivity index (χ0n) is 12.3. The molecule has 0 saturated heterocycles. The molecule has 0 fully saturated rings. The van der Waals surface area contributed by atoms with E-state index in [9.17, 15) is 9.90 Å². The molecule has 23 heavy (non-hydrogen) atoms. The van der Waals surface area contributed by atoms with Gasteiger partial charge in [0.05, 0.1) is 0 Å². The van der Waals surface area contributed by atoms with Crippen molar-refractivity contribution in [1.29, 1.82) is 0 Å². The van der Waals surface area contributed by atoms with Crippen molar-refractivity contribution in [2.24, 2.45) is 0 Å². The van der Waals surface area contributed by atoms with Gasteiger partial charge in [-0.05, 0) is 40.6 Å². The summed E-state index contributed by atoms with van der Waals surface area (Å²) in [5.41, 5.74) is 2.51. The summed E-state index contributed by atoms with van der Waals surface area (Å²) in [5, 5.41) is 11.7. The highest BCUT2D eigenvalue weighted by atomic mass is 16.5. The monoisotopic (exact) mass is 302 g/mol. The maximum Gasteiger partial charge on any atom is 0.339 e. The summed E-state index contributed by atoms with van der Waals surface area (Å²) >= 11 is 0. The Labute approximate surface area is 133 Å². The van der Waals surface area contributed by atoms with Gasteiger partial charge in [-0.1, -0.05) is 42.5 Å². The van der Waals surface area contributed by atoms with Gasteiger partial charge in [0.25, 0.3) is 0 Å². The van der Waals surface area contributed by atoms with Crippen LogP contribution in [0.4, 0.5) is 0 Å². The number of phenolic OH excluding ortho intramolecular Hbond substituents is 1. The Hall–Kier alpha value is -3.07. The number of ether oxygens (including phenoxy) is 1. The van der Waals surface area contributed by atoms with E-state index < -0.39 is 0 Å². The molecule has 3 nitrogen and oxygen atoms in total. The van der Waals surface area contributed by atoms with E-state index in [1.807, 2.05) is 54.6 Å². The molecule has 1 N–H and O–H groups in total. The third-order valence-corrected chi connectivity index (χ3v) is 4.05. The summed E-state index contributed by atoms with van der Waals surface area (Å²) < 4.78 is 5.48. The van der Waals surface area contributed by atoms with Crippen molar-refractivity contribution in [1.82, 2.24) is 0 Å². The Morgan fingerprint density at radius 2 is 1.78 bits per heavy atom. The first-order valence-corrected chi connectivity index (χ1v) is 7.43. The molecule has 0 bridgehead atoms. The first kappa shape index (κ1) is 13.6. The Kier molecular flexibility index (Phi) is 3.12. The lowest BCUT2D eigenvalue weighted by Crippen LogP contribution is -2.19. The average molecular weight is 302 g/mol. The van der Waals surface area contributed by atoms with Gasteiger partial charge in [-0.2, -0.15) is 0 Å². The van der Waals surface area contributed by atoms with Gasteiger partial charge in [0.15, 0.2) is 0 Å². The van der Waals surface area contributed by atoms with Gasteiger partial charge < -0.3 is 9.84 Å². The number of rotatable bonds is 1. The van der Waals surface area contributed by atoms with Crippen LogP contribution in [0.3, 0.4) is 0 Å². The van der Waals surface area contributed by atoms with Crippen molar-refractivity contribution in [3.63, 3.8) is 0 Å². The Bertz CT molecular complexity index is 940. The maximum atomic E-state index is 12.2. The van der Waals surface area contributed by atoms with Crippen LogP contribution < -0.4 is 4.74 Å². The predicted octanol–water partition coefficient (Wildman–Crippen LogP) is 4.09. The normalized spacial score (nSPS) is 15.5. The fraction of sp³-hybridized carbons (Fsp3) is 0.0500. The molecule has 3 aromatic rings. The molecular formula is C20H14O3. The molecule has 0 unspecified atom stereocenters. The first-order chi connectivity index (χ1) is 11.2. The minimum absolute atomic E-state index is 0.205. The lowest BCUT2D eigenvalue weighted by atomic mass is 9.94. The van der Waals surface area contributed by atoms with E-state index in [2.05, 4.69) is 0 Å². The molecule has 3 heteroatoms. The van der Waals surface area contributed by atoms with Crippen molar-refractivity contribution in [2.75, 3.05) is 0 Å². The highest BCUT2D eigenvalue weighted by Crippen LogP contribution is 2.36. The summed E-state index contributed by atoms with van der Waals surface area (Å²) in [7, 11) is 0. The maximum absolute atomic E-state index is 12.2. The zero-order valence-corrected chi connectivity index (χ0v) is 12.3. The largest absolute Gasteiger partial charge is 0.508 e. The van der Waals surface area contributed by atoms with Crippen LogP contribution in [0.25, 0.3) is 16.8 Å². The number of phenols is 1. The van der Waals surface area contributed by atoms with Crippen LogP contribution in [-0.4, -0.2) is 11.1 Å². The number of esters is 1. The molecule has 1 aliphatic rings. The molecular weight excluding hydrogens is 288 g/mol. The van der Waals surface area contributed by atoms with Crippen molar-refractivity contribution in [3.05, 3.63) is 77.4 Å². The average Bonchev–Trinajstić information content (AvgIpc) is 2.56. The van der Waals surface area contributed by atoms with E-state index in [4.69, 9.17) is 4.74 Å². The van der Waals surface area contributed by atoms with Crippen LogP contribution in [0.2, 0.25) is 0 Å². The van der Waals surface area contributed by atoms with Crippen LogP contribution in [0.15, 0.2) is 66.2 Å². The van der Waals surface area contributed by atoms with Gasteiger partial charge in [0.1, 0.15) is 11.5 Å². The van der Waals surface area contributed by atoms with Gasteiger partial charge in [-0.25, -0.2) is 4.79 Å². The molecule has 1 aliphatic heterocycles. The fourth-order valence-corrected chi connectivity index (χ4v) is 2.92. The van der Waals surface area contributed by atoms with Crippen LogP contribution in [0, 0.1) is 0 Å². The number of fused-ring (bicyclic) bond motifs is 3. The summed E-state index contributed by atoms with van der Waals surface area (Å²) in [5.74, 6) is 0.454. The molecule has 0 saturated carbocycles. The molecule has 4 rings (SSSR count). The fourth-order valence-electron chi connectivity index (χ4n) is 2.92. The number of hydrogen-bond acceptors (Lipinski definition) is 3. The minimum atomic E-state index is -0.319. The molecule has 0 amide bonds. The van der Waals surface area contributed by atoms with Crippen molar-refractivity contribution < 1.29 is 14.6 Å². The molecule has 0 spiro atoms. The summed E-state index contributed by atoms with van der Waals surface area (Å²) in [6.45, 7) is 0. The third kappa shape index (κ3) is 2.46. The molecule has 0 radical (unpaired) electrons. The summed E-state index contributed by atoms with van der Waals surface area (Å²) in [6.07, 6.45) is 2.34. The topological polar surface area (TPSA) is 46.5 Å². The Morgan fingerprint density at radius 3 is 2.61 bits per heavy atom. The van der Waals surface area contributed by atoms with E-state index in [0.29, 0.717) is 17.7 Å². The molecule has 3 aromatic carbocycles. The second-order valence-corrected chi connectivity index (χ2v) is 5.59. The van der Waals surface area contributed by atoms with Crippen LogP contribution in [0.1, 0.15) is 11.1 Å². The minimum Gasteiger partial charge on any atom is -0.508 e. The van der Waals surface area contributed by atoms with E-state index in [1.165, 1.54) is 0 Å². The van der Waals surface area contributed by atoms with Crippen molar-refractivity contribution >= 4 is 22.8 Å². The van der Waals surface area contributed by atoms with Crippen molar-refractivity contribution in [2.45, 2.75) is 6.42 Å². The first-order valence-electron chi connectivity index (χ1n) is 7.43.